The first-order chi connectivity index (χ1) is 9.93. The highest BCUT2D eigenvalue weighted by atomic mass is 35.5. The van der Waals surface area contributed by atoms with Crippen molar-refractivity contribution in [2.24, 2.45) is 5.41 Å². The lowest BCUT2D eigenvalue weighted by molar-refractivity contribution is -0.149. The van der Waals surface area contributed by atoms with Gasteiger partial charge in [-0.15, -0.1) is 0 Å². The predicted octanol–water partition coefficient (Wildman–Crippen LogP) is 3.10. The van der Waals surface area contributed by atoms with Gasteiger partial charge in [-0.3, -0.25) is 9.59 Å². The smallest absolute Gasteiger partial charge is 0.311 e. The standard InChI is InChI=1S/C15H21ClN2O3/c1-3-15(4-2,14(20)21)9-17-13(19)12-7-10(16)8-18(12)11-5-6-11/h7-8,11H,3-6,9H2,1-2H3,(H,17,19)(H,20,21). The first kappa shape index (κ1) is 15.9. The molecule has 1 aliphatic carbocycles. The van der Waals surface area contributed by atoms with Crippen LogP contribution in [0.5, 0.6) is 0 Å². The molecule has 1 saturated carbocycles. The summed E-state index contributed by atoms with van der Waals surface area (Å²) in [6, 6.07) is 1.98. The Morgan fingerprint density at radius 3 is 2.52 bits per heavy atom. The van der Waals surface area contributed by atoms with E-state index in [0.29, 0.717) is 29.6 Å². The van der Waals surface area contributed by atoms with Gasteiger partial charge < -0.3 is 15.0 Å². The summed E-state index contributed by atoms with van der Waals surface area (Å²) in [5.41, 5.74) is -0.398. The number of nitrogens with zero attached hydrogens (tertiary/aromatic N) is 1. The molecule has 6 heteroatoms. The number of hydrogen-bond donors (Lipinski definition) is 2. The summed E-state index contributed by atoms with van der Waals surface area (Å²) in [4.78, 5) is 23.8. The summed E-state index contributed by atoms with van der Waals surface area (Å²) < 4.78 is 1.89. The van der Waals surface area contributed by atoms with Crippen LogP contribution in [0.3, 0.4) is 0 Å². The van der Waals surface area contributed by atoms with Crippen LogP contribution in [0, 0.1) is 5.41 Å². The molecule has 1 aromatic rings. The minimum atomic E-state index is -0.906. The van der Waals surface area contributed by atoms with E-state index in [9.17, 15) is 14.7 Å². The predicted molar refractivity (Wildman–Crippen MR) is 80.7 cm³/mol. The second kappa shape index (κ2) is 6.10. The van der Waals surface area contributed by atoms with Gasteiger partial charge in [0.25, 0.3) is 5.91 Å². The molecule has 0 unspecified atom stereocenters. The molecule has 0 atom stereocenters. The number of halogens is 1. The lowest BCUT2D eigenvalue weighted by atomic mass is 9.82. The summed E-state index contributed by atoms with van der Waals surface area (Å²) in [6.07, 6.45) is 4.81. The average molecular weight is 313 g/mol. The lowest BCUT2D eigenvalue weighted by Crippen LogP contribution is -2.42. The summed E-state index contributed by atoms with van der Waals surface area (Å²) >= 11 is 5.98. The van der Waals surface area contributed by atoms with E-state index in [1.807, 2.05) is 18.4 Å². The number of nitrogens with one attached hydrogen (secondary N) is 1. The summed E-state index contributed by atoms with van der Waals surface area (Å²) in [5.74, 6) is -1.13. The van der Waals surface area contributed by atoms with Gasteiger partial charge in [0, 0.05) is 18.8 Å². The topological polar surface area (TPSA) is 71.3 Å². The Morgan fingerprint density at radius 1 is 1.43 bits per heavy atom. The maximum absolute atomic E-state index is 12.3. The van der Waals surface area contributed by atoms with Gasteiger partial charge in [-0.2, -0.15) is 0 Å². The second-order valence-corrected chi connectivity index (χ2v) is 6.09. The Bertz CT molecular complexity index is 545. The molecule has 0 aromatic carbocycles. The Balaban J connectivity index is 2.09. The number of carbonyl (C=O) groups is 2. The highest BCUT2D eigenvalue weighted by Crippen LogP contribution is 2.37. The molecule has 116 valence electrons. The second-order valence-electron chi connectivity index (χ2n) is 5.66. The molecule has 2 N–H and O–H groups in total. The molecule has 0 bridgehead atoms. The number of aliphatic carboxylic acids is 1. The molecule has 2 rings (SSSR count). The van der Waals surface area contributed by atoms with Gasteiger partial charge in [-0.1, -0.05) is 25.4 Å². The number of carboxylic acid groups (broad SMARTS) is 1. The van der Waals surface area contributed by atoms with Crippen LogP contribution in [0.4, 0.5) is 0 Å². The molecular formula is C15H21ClN2O3. The Kier molecular flexibility index (Phi) is 4.61. The zero-order valence-electron chi connectivity index (χ0n) is 12.4. The molecule has 0 radical (unpaired) electrons. The molecule has 1 fully saturated rings. The van der Waals surface area contributed by atoms with E-state index in [2.05, 4.69) is 5.32 Å². The van der Waals surface area contributed by atoms with Crippen LogP contribution < -0.4 is 5.32 Å². The van der Waals surface area contributed by atoms with Gasteiger partial charge in [0.1, 0.15) is 5.69 Å². The van der Waals surface area contributed by atoms with E-state index < -0.39 is 11.4 Å². The van der Waals surface area contributed by atoms with Crippen LogP contribution in [0.25, 0.3) is 0 Å². The molecule has 1 amide bonds. The molecule has 21 heavy (non-hydrogen) atoms. The quantitative estimate of drug-likeness (QED) is 0.812. The van der Waals surface area contributed by atoms with E-state index in [4.69, 9.17) is 11.6 Å². The fraction of sp³-hybridized carbons (Fsp3) is 0.600. The number of carbonyl (C=O) groups excluding carboxylic acids is 1. The van der Waals surface area contributed by atoms with Gasteiger partial charge >= 0.3 is 5.97 Å². The zero-order valence-corrected chi connectivity index (χ0v) is 13.1. The number of rotatable bonds is 7. The van der Waals surface area contributed by atoms with Gasteiger partial charge in [-0.25, -0.2) is 0 Å². The summed E-state index contributed by atoms with van der Waals surface area (Å²) in [6.45, 7) is 3.78. The van der Waals surface area contributed by atoms with Crippen molar-refractivity contribution in [3.05, 3.63) is 23.0 Å². The van der Waals surface area contributed by atoms with Crippen LogP contribution in [0.1, 0.15) is 56.1 Å². The molecular weight excluding hydrogens is 292 g/mol. The first-order valence-corrected chi connectivity index (χ1v) is 7.70. The minimum Gasteiger partial charge on any atom is -0.481 e. The Morgan fingerprint density at radius 2 is 2.05 bits per heavy atom. The van der Waals surface area contributed by atoms with Crippen molar-refractivity contribution in [2.75, 3.05) is 6.54 Å². The fourth-order valence-electron chi connectivity index (χ4n) is 2.50. The van der Waals surface area contributed by atoms with Gasteiger partial charge in [0.15, 0.2) is 0 Å². The summed E-state index contributed by atoms with van der Waals surface area (Å²) in [7, 11) is 0. The highest BCUT2D eigenvalue weighted by Gasteiger charge is 2.36. The van der Waals surface area contributed by atoms with E-state index in [1.54, 1.807) is 12.3 Å². The fourth-order valence-corrected chi connectivity index (χ4v) is 2.71. The van der Waals surface area contributed by atoms with Crippen molar-refractivity contribution in [3.63, 3.8) is 0 Å². The van der Waals surface area contributed by atoms with E-state index in [-0.39, 0.29) is 12.5 Å². The van der Waals surface area contributed by atoms with Crippen molar-refractivity contribution in [3.8, 4) is 0 Å². The molecule has 0 aliphatic heterocycles. The lowest BCUT2D eigenvalue weighted by Gasteiger charge is -2.26. The molecule has 1 heterocycles. The van der Waals surface area contributed by atoms with Crippen molar-refractivity contribution in [2.45, 2.75) is 45.6 Å². The van der Waals surface area contributed by atoms with E-state index in [0.717, 1.165) is 12.8 Å². The first-order valence-electron chi connectivity index (χ1n) is 7.32. The highest BCUT2D eigenvalue weighted by molar-refractivity contribution is 6.31. The number of aromatic nitrogens is 1. The van der Waals surface area contributed by atoms with Crippen LogP contribution in [-0.4, -0.2) is 28.1 Å². The van der Waals surface area contributed by atoms with Gasteiger partial charge in [0.2, 0.25) is 0 Å². The number of amides is 1. The minimum absolute atomic E-state index is 0.127. The number of hydrogen-bond acceptors (Lipinski definition) is 2. The third-order valence-electron chi connectivity index (χ3n) is 4.38. The maximum atomic E-state index is 12.3. The molecule has 0 saturated heterocycles. The summed E-state index contributed by atoms with van der Waals surface area (Å²) in [5, 5.41) is 12.7. The van der Waals surface area contributed by atoms with Crippen molar-refractivity contribution >= 4 is 23.5 Å². The molecule has 1 aromatic heterocycles. The largest absolute Gasteiger partial charge is 0.481 e. The Labute approximate surface area is 129 Å². The van der Waals surface area contributed by atoms with Gasteiger partial charge in [0.05, 0.1) is 10.4 Å². The normalized spacial score (nSPS) is 15.0. The molecule has 0 spiro atoms. The van der Waals surface area contributed by atoms with Gasteiger partial charge in [-0.05, 0) is 31.7 Å². The zero-order chi connectivity index (χ0) is 15.6. The van der Waals surface area contributed by atoms with Crippen LogP contribution in [0.15, 0.2) is 12.3 Å². The molecule has 5 nitrogen and oxygen atoms in total. The van der Waals surface area contributed by atoms with Crippen molar-refractivity contribution in [1.29, 1.82) is 0 Å². The van der Waals surface area contributed by atoms with E-state index in [1.165, 1.54) is 0 Å². The third-order valence-corrected chi connectivity index (χ3v) is 4.59. The molecule has 1 aliphatic rings. The Hall–Kier alpha value is -1.49. The van der Waals surface area contributed by atoms with E-state index >= 15 is 0 Å². The average Bonchev–Trinajstić information content (AvgIpc) is 3.22. The van der Waals surface area contributed by atoms with Crippen LogP contribution >= 0.6 is 11.6 Å². The van der Waals surface area contributed by atoms with Crippen molar-refractivity contribution < 1.29 is 14.7 Å². The maximum Gasteiger partial charge on any atom is 0.311 e. The monoisotopic (exact) mass is 312 g/mol. The van der Waals surface area contributed by atoms with Crippen molar-refractivity contribution in [1.82, 2.24) is 9.88 Å². The number of carboxylic acids is 1. The third kappa shape index (κ3) is 3.23. The van der Waals surface area contributed by atoms with Crippen LogP contribution in [-0.2, 0) is 4.79 Å². The SMILES string of the molecule is CCC(CC)(CNC(=O)c1cc(Cl)cn1C1CC1)C(=O)O. The van der Waals surface area contributed by atoms with Crippen LogP contribution in [0.2, 0.25) is 5.02 Å².